The quantitative estimate of drug-likeness (QED) is 0.579. The average Bonchev–Trinajstić information content (AvgIpc) is 2.39. The number of amides is 2. The van der Waals surface area contributed by atoms with Crippen molar-refractivity contribution in [3.8, 4) is 0 Å². The van der Waals surface area contributed by atoms with Crippen LogP contribution in [0.15, 0.2) is 30.3 Å². The van der Waals surface area contributed by atoms with E-state index in [0.717, 1.165) is 0 Å². The van der Waals surface area contributed by atoms with Gasteiger partial charge in [-0.05, 0) is 18.6 Å². The number of ether oxygens (including phenoxy) is 1. The molecular formula is C13H16N2O4. The Balaban J connectivity index is 2.66. The second-order valence-electron chi connectivity index (χ2n) is 3.87. The van der Waals surface area contributed by atoms with Crippen LogP contribution in [0.1, 0.15) is 30.1 Å². The third kappa shape index (κ3) is 4.79. The summed E-state index contributed by atoms with van der Waals surface area (Å²) in [6, 6.07) is 8.13. The van der Waals surface area contributed by atoms with Crippen molar-refractivity contribution in [2.24, 2.45) is 5.73 Å². The number of benzene rings is 1. The molecule has 2 amide bonds. The fraction of sp³-hybridized carbons (Fsp3) is 0.308. The van der Waals surface area contributed by atoms with Crippen LogP contribution in [0.5, 0.6) is 0 Å². The summed E-state index contributed by atoms with van der Waals surface area (Å²) in [6.07, 6.45) is -0.608. The van der Waals surface area contributed by atoms with E-state index in [1.165, 1.54) is 12.1 Å². The van der Waals surface area contributed by atoms with Gasteiger partial charge >= 0.3 is 5.97 Å². The number of carbonyl (C=O) groups is 3. The Bertz CT molecular complexity index is 459. The van der Waals surface area contributed by atoms with Crippen LogP contribution in [-0.2, 0) is 14.3 Å². The maximum atomic E-state index is 11.7. The summed E-state index contributed by atoms with van der Waals surface area (Å²) < 4.78 is 4.87. The van der Waals surface area contributed by atoms with Crippen LogP contribution in [0.3, 0.4) is 0 Å². The molecule has 0 aromatic heterocycles. The number of hydrogen-bond acceptors (Lipinski definition) is 4. The number of nitrogens with two attached hydrogens (primary N) is 1. The second kappa shape index (κ2) is 7.15. The zero-order valence-corrected chi connectivity index (χ0v) is 10.6. The van der Waals surface area contributed by atoms with Gasteiger partial charge in [0.05, 0.1) is 5.56 Å². The van der Waals surface area contributed by atoms with E-state index in [4.69, 9.17) is 10.5 Å². The van der Waals surface area contributed by atoms with Gasteiger partial charge in [-0.25, -0.2) is 4.79 Å². The van der Waals surface area contributed by atoms with E-state index in [-0.39, 0.29) is 12.0 Å². The van der Waals surface area contributed by atoms with E-state index < -0.39 is 24.0 Å². The molecule has 19 heavy (non-hydrogen) atoms. The standard InChI is InChI=1S/C13H16N2O4/c1-2-6-10(16)15-12(11(14)17)19-13(18)9-7-4-3-5-8-9/h3-5,7-8,12H,2,6H2,1H3,(H2,14,17)(H,15,16). The molecule has 0 spiro atoms. The Kier molecular flexibility index (Phi) is 5.53. The average molecular weight is 264 g/mol. The molecule has 0 heterocycles. The predicted octanol–water partition coefficient (Wildman–Crippen LogP) is 0.571. The summed E-state index contributed by atoms with van der Waals surface area (Å²) in [5.74, 6) is -2.04. The molecule has 1 aromatic rings. The maximum absolute atomic E-state index is 11.7. The van der Waals surface area contributed by atoms with Crippen molar-refractivity contribution >= 4 is 17.8 Å². The highest BCUT2D eigenvalue weighted by Gasteiger charge is 2.22. The lowest BCUT2D eigenvalue weighted by atomic mass is 10.2. The molecule has 1 atom stereocenters. The summed E-state index contributed by atoms with van der Waals surface area (Å²) >= 11 is 0. The smallest absolute Gasteiger partial charge is 0.340 e. The number of hydrogen-bond donors (Lipinski definition) is 2. The molecule has 3 N–H and O–H groups in total. The third-order valence-electron chi connectivity index (χ3n) is 2.26. The van der Waals surface area contributed by atoms with Crippen molar-refractivity contribution in [2.45, 2.75) is 26.0 Å². The van der Waals surface area contributed by atoms with Gasteiger partial charge in [0.25, 0.3) is 12.1 Å². The van der Waals surface area contributed by atoms with Gasteiger partial charge in [-0.2, -0.15) is 0 Å². The van der Waals surface area contributed by atoms with E-state index in [0.29, 0.717) is 6.42 Å². The molecule has 0 aliphatic carbocycles. The van der Waals surface area contributed by atoms with Crippen LogP contribution in [0, 0.1) is 0 Å². The summed E-state index contributed by atoms with van der Waals surface area (Å²) in [5.41, 5.74) is 5.35. The topological polar surface area (TPSA) is 98.5 Å². The van der Waals surface area contributed by atoms with Crippen molar-refractivity contribution < 1.29 is 19.1 Å². The van der Waals surface area contributed by atoms with E-state index in [1.54, 1.807) is 18.2 Å². The minimum atomic E-state index is -1.45. The van der Waals surface area contributed by atoms with Crippen molar-refractivity contribution in [2.75, 3.05) is 0 Å². The molecule has 0 bridgehead atoms. The Hall–Kier alpha value is -2.37. The first kappa shape index (κ1) is 14.7. The Morgan fingerprint density at radius 3 is 2.42 bits per heavy atom. The zero-order chi connectivity index (χ0) is 14.3. The molecule has 0 fully saturated rings. The summed E-state index contributed by atoms with van der Waals surface area (Å²) in [6.45, 7) is 1.81. The number of primary amides is 1. The van der Waals surface area contributed by atoms with E-state index in [9.17, 15) is 14.4 Å². The van der Waals surface area contributed by atoms with Gasteiger partial charge < -0.3 is 15.8 Å². The minimum absolute atomic E-state index is 0.229. The van der Waals surface area contributed by atoms with E-state index >= 15 is 0 Å². The lowest BCUT2D eigenvalue weighted by Crippen LogP contribution is -2.47. The molecule has 0 saturated heterocycles. The van der Waals surface area contributed by atoms with Crippen molar-refractivity contribution in [3.05, 3.63) is 35.9 Å². The molecule has 0 saturated carbocycles. The highest BCUT2D eigenvalue weighted by atomic mass is 16.6. The van der Waals surface area contributed by atoms with Gasteiger partial charge in [-0.1, -0.05) is 25.1 Å². The predicted molar refractivity (Wildman–Crippen MR) is 67.9 cm³/mol. The molecule has 0 aliphatic rings. The molecule has 6 nitrogen and oxygen atoms in total. The van der Waals surface area contributed by atoms with Crippen LogP contribution in [0.2, 0.25) is 0 Å². The van der Waals surface area contributed by atoms with Gasteiger partial charge in [-0.3, -0.25) is 9.59 Å². The molecule has 0 radical (unpaired) electrons. The maximum Gasteiger partial charge on any atom is 0.340 e. The third-order valence-corrected chi connectivity index (χ3v) is 2.26. The van der Waals surface area contributed by atoms with Gasteiger partial charge in [0.1, 0.15) is 0 Å². The Morgan fingerprint density at radius 2 is 1.89 bits per heavy atom. The van der Waals surface area contributed by atoms with Crippen molar-refractivity contribution in [1.29, 1.82) is 0 Å². The van der Waals surface area contributed by atoms with Crippen LogP contribution in [-0.4, -0.2) is 24.0 Å². The lowest BCUT2D eigenvalue weighted by Gasteiger charge is -2.15. The normalized spacial score (nSPS) is 11.4. The van der Waals surface area contributed by atoms with Gasteiger partial charge in [0.15, 0.2) is 0 Å². The highest BCUT2D eigenvalue weighted by Crippen LogP contribution is 2.03. The minimum Gasteiger partial charge on any atom is -0.428 e. The molecule has 102 valence electrons. The van der Waals surface area contributed by atoms with Gasteiger partial charge in [-0.15, -0.1) is 0 Å². The SMILES string of the molecule is CCCC(=O)NC(OC(=O)c1ccccc1)C(N)=O. The number of nitrogens with one attached hydrogen (secondary N) is 1. The van der Waals surface area contributed by atoms with Gasteiger partial charge in [0, 0.05) is 6.42 Å². The van der Waals surface area contributed by atoms with Crippen LogP contribution >= 0.6 is 0 Å². The molecule has 1 aromatic carbocycles. The fourth-order valence-corrected chi connectivity index (χ4v) is 1.35. The van der Waals surface area contributed by atoms with Crippen molar-refractivity contribution in [3.63, 3.8) is 0 Å². The van der Waals surface area contributed by atoms with Crippen molar-refractivity contribution in [1.82, 2.24) is 5.32 Å². The first-order valence-corrected chi connectivity index (χ1v) is 5.89. The molecule has 6 heteroatoms. The summed E-state index contributed by atoms with van der Waals surface area (Å²) in [7, 11) is 0. The second-order valence-corrected chi connectivity index (χ2v) is 3.87. The molecule has 0 aliphatic heterocycles. The lowest BCUT2D eigenvalue weighted by molar-refractivity contribution is -0.135. The Morgan fingerprint density at radius 1 is 1.26 bits per heavy atom. The van der Waals surface area contributed by atoms with E-state index in [1.807, 2.05) is 6.92 Å². The largest absolute Gasteiger partial charge is 0.428 e. The first-order valence-electron chi connectivity index (χ1n) is 5.89. The summed E-state index contributed by atoms with van der Waals surface area (Å²) in [5, 5.41) is 2.26. The van der Waals surface area contributed by atoms with E-state index in [2.05, 4.69) is 5.32 Å². The number of rotatable bonds is 6. The number of carbonyl (C=O) groups excluding carboxylic acids is 3. The van der Waals surface area contributed by atoms with Crippen LogP contribution in [0.4, 0.5) is 0 Å². The fourth-order valence-electron chi connectivity index (χ4n) is 1.35. The van der Waals surface area contributed by atoms with Gasteiger partial charge in [0.2, 0.25) is 5.91 Å². The Labute approximate surface area is 110 Å². The molecule has 1 unspecified atom stereocenters. The molecule has 1 rings (SSSR count). The van der Waals surface area contributed by atoms with Crippen LogP contribution in [0.25, 0.3) is 0 Å². The monoisotopic (exact) mass is 264 g/mol. The zero-order valence-electron chi connectivity index (χ0n) is 10.6. The summed E-state index contributed by atoms with van der Waals surface area (Å²) in [4.78, 5) is 34.2. The molecular weight excluding hydrogens is 248 g/mol. The highest BCUT2D eigenvalue weighted by molar-refractivity contribution is 5.93. The number of esters is 1. The first-order chi connectivity index (χ1) is 9.04. The van der Waals surface area contributed by atoms with Crippen LogP contribution < -0.4 is 11.1 Å².